The molecule has 1 aromatic rings. The van der Waals surface area contributed by atoms with Crippen LogP contribution in [0.5, 0.6) is 0 Å². The van der Waals surface area contributed by atoms with Crippen molar-refractivity contribution in [1.82, 2.24) is 10.0 Å². The maximum absolute atomic E-state index is 13.5. The molecule has 0 saturated carbocycles. The average Bonchev–Trinajstić information content (AvgIpc) is 2.74. The minimum absolute atomic E-state index is 0.325. The van der Waals surface area contributed by atoms with Gasteiger partial charge in [-0.3, -0.25) is 10.1 Å². The first-order chi connectivity index (χ1) is 9.23. The summed E-state index contributed by atoms with van der Waals surface area (Å²) in [5.74, 6) is -1.17. The van der Waals surface area contributed by atoms with Crippen LogP contribution in [0.4, 0.5) is 10.1 Å². The molecule has 7 nitrogen and oxygen atoms in total. The first-order valence-corrected chi connectivity index (χ1v) is 7.40. The molecule has 0 aromatic heterocycles. The van der Waals surface area contributed by atoms with Gasteiger partial charge in [-0.05, 0) is 26.0 Å². The summed E-state index contributed by atoms with van der Waals surface area (Å²) in [6.45, 7) is 2.90. The van der Waals surface area contributed by atoms with Gasteiger partial charge in [-0.2, -0.15) is 4.39 Å². The summed E-state index contributed by atoms with van der Waals surface area (Å²) < 4.78 is 40.3. The van der Waals surface area contributed by atoms with E-state index in [0.717, 1.165) is 12.1 Å². The molecule has 1 saturated heterocycles. The molecular formula is C11H14FN3O4S. The van der Waals surface area contributed by atoms with Gasteiger partial charge in [-0.1, -0.05) is 0 Å². The Balaban J connectivity index is 2.30. The lowest BCUT2D eigenvalue weighted by atomic mass is 10.0. The number of nitrogens with one attached hydrogen (secondary N) is 2. The summed E-state index contributed by atoms with van der Waals surface area (Å²) >= 11 is 0. The maximum Gasteiger partial charge on any atom is 0.304 e. The number of halogens is 1. The standard InChI is InChI=1S/C11H14FN3O4S/c1-11(4-5-13-7-11)14-20(18,19)8-2-3-10(15(16)17)9(12)6-8/h2-3,6,13-14H,4-5,7H2,1H3. The fourth-order valence-electron chi connectivity index (χ4n) is 2.09. The Kier molecular flexibility index (Phi) is 3.76. The number of nitro benzene ring substituents is 1. The summed E-state index contributed by atoms with van der Waals surface area (Å²) in [7, 11) is -3.92. The van der Waals surface area contributed by atoms with Gasteiger partial charge in [0, 0.05) is 24.2 Å². The van der Waals surface area contributed by atoms with E-state index in [0.29, 0.717) is 25.6 Å². The van der Waals surface area contributed by atoms with E-state index in [1.807, 2.05) is 0 Å². The Morgan fingerprint density at radius 1 is 1.50 bits per heavy atom. The molecule has 1 aromatic carbocycles. The van der Waals surface area contributed by atoms with Crippen molar-refractivity contribution in [1.29, 1.82) is 0 Å². The van der Waals surface area contributed by atoms with Gasteiger partial charge in [0.25, 0.3) is 0 Å². The van der Waals surface area contributed by atoms with Crippen LogP contribution >= 0.6 is 0 Å². The molecule has 0 aliphatic carbocycles. The van der Waals surface area contributed by atoms with Gasteiger partial charge in [0.15, 0.2) is 0 Å². The quantitative estimate of drug-likeness (QED) is 0.632. The Labute approximate surface area is 115 Å². The van der Waals surface area contributed by atoms with E-state index >= 15 is 0 Å². The van der Waals surface area contributed by atoms with Gasteiger partial charge in [0.05, 0.1) is 9.82 Å². The molecule has 20 heavy (non-hydrogen) atoms. The lowest BCUT2D eigenvalue weighted by Gasteiger charge is -2.24. The second-order valence-electron chi connectivity index (χ2n) is 4.96. The van der Waals surface area contributed by atoms with E-state index in [4.69, 9.17) is 0 Å². The fraction of sp³-hybridized carbons (Fsp3) is 0.455. The number of nitro groups is 1. The number of rotatable bonds is 4. The van der Waals surface area contributed by atoms with Crippen molar-refractivity contribution in [3.05, 3.63) is 34.1 Å². The van der Waals surface area contributed by atoms with E-state index in [1.165, 1.54) is 0 Å². The van der Waals surface area contributed by atoms with Crippen molar-refractivity contribution >= 4 is 15.7 Å². The van der Waals surface area contributed by atoms with Gasteiger partial charge in [-0.15, -0.1) is 0 Å². The van der Waals surface area contributed by atoms with Gasteiger partial charge in [-0.25, -0.2) is 13.1 Å². The number of hydrogen-bond donors (Lipinski definition) is 2. The highest BCUT2D eigenvalue weighted by Crippen LogP contribution is 2.23. The van der Waals surface area contributed by atoms with E-state index in [-0.39, 0.29) is 4.90 Å². The van der Waals surface area contributed by atoms with Crippen LogP contribution < -0.4 is 10.0 Å². The summed E-state index contributed by atoms with van der Waals surface area (Å²) in [5.41, 5.74) is -1.39. The molecule has 9 heteroatoms. The minimum atomic E-state index is -3.92. The van der Waals surface area contributed by atoms with Gasteiger partial charge < -0.3 is 5.32 Å². The number of hydrogen-bond acceptors (Lipinski definition) is 5. The van der Waals surface area contributed by atoms with Crippen LogP contribution in [0, 0.1) is 15.9 Å². The van der Waals surface area contributed by atoms with E-state index in [9.17, 15) is 22.9 Å². The van der Waals surface area contributed by atoms with Crippen molar-refractivity contribution < 1.29 is 17.7 Å². The second-order valence-corrected chi connectivity index (χ2v) is 6.65. The van der Waals surface area contributed by atoms with Gasteiger partial charge >= 0.3 is 5.69 Å². The number of sulfonamides is 1. The molecule has 1 aliphatic heterocycles. The SMILES string of the molecule is CC1(NS(=O)(=O)c2ccc([N+](=O)[O-])c(F)c2)CCNC1. The monoisotopic (exact) mass is 303 g/mol. The predicted molar refractivity (Wildman–Crippen MR) is 69.3 cm³/mol. The smallest absolute Gasteiger partial charge is 0.304 e. The molecule has 0 bridgehead atoms. The topological polar surface area (TPSA) is 101 Å². The van der Waals surface area contributed by atoms with Crippen LogP contribution in [0.3, 0.4) is 0 Å². The lowest BCUT2D eigenvalue weighted by molar-refractivity contribution is -0.387. The maximum atomic E-state index is 13.5. The van der Waals surface area contributed by atoms with Crippen molar-refractivity contribution in [2.45, 2.75) is 23.8 Å². The largest absolute Gasteiger partial charge is 0.315 e. The molecular weight excluding hydrogens is 289 g/mol. The van der Waals surface area contributed by atoms with Crippen LogP contribution in [0.2, 0.25) is 0 Å². The van der Waals surface area contributed by atoms with Crippen LogP contribution in [0.15, 0.2) is 23.1 Å². The van der Waals surface area contributed by atoms with Crippen LogP contribution in [0.25, 0.3) is 0 Å². The first-order valence-electron chi connectivity index (χ1n) is 5.92. The molecule has 0 radical (unpaired) electrons. The molecule has 2 N–H and O–H groups in total. The Bertz CT molecular complexity index is 641. The molecule has 0 amide bonds. The zero-order valence-electron chi connectivity index (χ0n) is 10.7. The number of benzene rings is 1. The van der Waals surface area contributed by atoms with Gasteiger partial charge in [0.1, 0.15) is 0 Å². The van der Waals surface area contributed by atoms with Crippen LogP contribution in [-0.2, 0) is 10.0 Å². The predicted octanol–water partition coefficient (Wildman–Crippen LogP) is 0.764. The average molecular weight is 303 g/mol. The highest BCUT2D eigenvalue weighted by Gasteiger charge is 2.34. The highest BCUT2D eigenvalue weighted by molar-refractivity contribution is 7.89. The van der Waals surface area contributed by atoms with Gasteiger partial charge in [0.2, 0.25) is 15.8 Å². The van der Waals surface area contributed by atoms with Crippen LogP contribution in [-0.4, -0.2) is 32.0 Å². The van der Waals surface area contributed by atoms with E-state index in [2.05, 4.69) is 10.0 Å². The molecule has 1 aliphatic rings. The lowest BCUT2D eigenvalue weighted by Crippen LogP contribution is -2.47. The molecule has 1 fully saturated rings. The minimum Gasteiger partial charge on any atom is -0.315 e. The molecule has 1 atom stereocenters. The normalized spacial score (nSPS) is 22.9. The van der Waals surface area contributed by atoms with E-state index < -0.39 is 32.0 Å². The third-order valence-electron chi connectivity index (χ3n) is 3.18. The Morgan fingerprint density at radius 3 is 2.70 bits per heavy atom. The summed E-state index contributed by atoms with van der Waals surface area (Å²) in [5, 5.41) is 13.5. The summed E-state index contributed by atoms with van der Waals surface area (Å²) in [6.07, 6.45) is 0.613. The highest BCUT2D eigenvalue weighted by atomic mass is 32.2. The second kappa shape index (κ2) is 5.08. The third-order valence-corrected chi connectivity index (χ3v) is 4.81. The zero-order valence-corrected chi connectivity index (χ0v) is 11.5. The Hall–Kier alpha value is -1.58. The molecule has 0 spiro atoms. The van der Waals surface area contributed by atoms with E-state index in [1.54, 1.807) is 6.92 Å². The Morgan fingerprint density at radius 2 is 2.20 bits per heavy atom. The summed E-state index contributed by atoms with van der Waals surface area (Å²) in [6, 6.07) is 2.53. The van der Waals surface area contributed by atoms with Crippen molar-refractivity contribution in [3.8, 4) is 0 Å². The van der Waals surface area contributed by atoms with Crippen molar-refractivity contribution in [3.63, 3.8) is 0 Å². The van der Waals surface area contributed by atoms with Crippen LogP contribution in [0.1, 0.15) is 13.3 Å². The molecule has 2 rings (SSSR count). The third kappa shape index (κ3) is 2.94. The molecule has 1 unspecified atom stereocenters. The van der Waals surface area contributed by atoms with Crippen molar-refractivity contribution in [2.75, 3.05) is 13.1 Å². The fourth-order valence-corrected chi connectivity index (χ4v) is 3.54. The first kappa shape index (κ1) is 14.8. The zero-order chi connectivity index (χ0) is 15.0. The number of nitrogens with zero attached hydrogens (tertiary/aromatic N) is 1. The molecule has 110 valence electrons. The molecule has 1 heterocycles. The summed E-state index contributed by atoms with van der Waals surface area (Å²) in [4.78, 5) is 9.28. The van der Waals surface area contributed by atoms with Crippen molar-refractivity contribution in [2.24, 2.45) is 0 Å².